The van der Waals surface area contributed by atoms with Gasteiger partial charge in [0.05, 0.1) is 19.6 Å². The van der Waals surface area contributed by atoms with Crippen LogP contribution in [-0.4, -0.2) is 24.2 Å². The molecule has 2 aromatic carbocycles. The van der Waals surface area contributed by atoms with E-state index in [4.69, 9.17) is 14.2 Å². The second-order valence-corrected chi connectivity index (χ2v) is 8.14. The largest absolute Gasteiger partial charge is 0.493 e. The summed E-state index contributed by atoms with van der Waals surface area (Å²) in [5.74, 6) is 1.14. The number of aromatic nitrogens is 1. The minimum Gasteiger partial charge on any atom is -0.493 e. The standard InChI is InChI=1S/C27H29NO4/c1-30-24-12-11-22(19-26(24)31-23-9-5-6-10-23)25(17-21-13-15-28-16-14-21)32-27(29)18-20-7-3-2-4-8-20/h2-4,7-8,11-16,19,23,25H,5-6,9-10,17-18H2,1H3. The van der Waals surface area contributed by atoms with Gasteiger partial charge in [-0.2, -0.15) is 0 Å². The molecule has 0 aliphatic heterocycles. The zero-order chi connectivity index (χ0) is 22.2. The summed E-state index contributed by atoms with van der Waals surface area (Å²) in [5.41, 5.74) is 2.86. The second-order valence-electron chi connectivity index (χ2n) is 8.14. The minimum absolute atomic E-state index is 0.207. The van der Waals surface area contributed by atoms with Crippen LogP contribution in [-0.2, 0) is 22.4 Å². The Balaban J connectivity index is 1.57. The summed E-state index contributed by atoms with van der Waals surface area (Å²) in [6.45, 7) is 0. The van der Waals surface area contributed by atoms with Gasteiger partial charge in [-0.25, -0.2) is 0 Å². The van der Waals surface area contributed by atoms with Crippen LogP contribution >= 0.6 is 0 Å². The maximum Gasteiger partial charge on any atom is 0.310 e. The van der Waals surface area contributed by atoms with E-state index in [1.165, 1.54) is 12.8 Å². The molecule has 0 N–H and O–H groups in total. The Hall–Kier alpha value is -3.34. The maximum absolute atomic E-state index is 12.8. The lowest BCUT2D eigenvalue weighted by atomic mass is 10.0. The third-order valence-electron chi connectivity index (χ3n) is 5.79. The minimum atomic E-state index is -0.439. The summed E-state index contributed by atoms with van der Waals surface area (Å²) in [4.78, 5) is 16.9. The Morgan fingerprint density at radius 3 is 2.44 bits per heavy atom. The highest BCUT2D eigenvalue weighted by molar-refractivity contribution is 5.73. The molecule has 5 nitrogen and oxygen atoms in total. The number of pyridine rings is 1. The summed E-state index contributed by atoms with van der Waals surface area (Å²) in [6, 6.07) is 19.3. The number of nitrogens with zero attached hydrogens (tertiary/aromatic N) is 1. The Bertz CT molecular complexity index is 1000. The van der Waals surface area contributed by atoms with Crippen molar-refractivity contribution in [3.8, 4) is 11.5 Å². The molecule has 0 amide bonds. The van der Waals surface area contributed by atoms with Gasteiger partial charge >= 0.3 is 5.97 Å². The van der Waals surface area contributed by atoms with E-state index in [2.05, 4.69) is 4.98 Å². The fraction of sp³-hybridized carbons (Fsp3) is 0.333. The van der Waals surface area contributed by atoms with Crippen molar-refractivity contribution in [1.29, 1.82) is 0 Å². The van der Waals surface area contributed by atoms with Crippen molar-refractivity contribution in [2.75, 3.05) is 7.11 Å². The molecule has 3 aromatic rings. The van der Waals surface area contributed by atoms with E-state index in [0.29, 0.717) is 17.9 Å². The lowest BCUT2D eigenvalue weighted by Crippen LogP contribution is -2.16. The predicted molar refractivity (Wildman–Crippen MR) is 123 cm³/mol. The molecule has 1 fully saturated rings. The number of carbonyl (C=O) groups is 1. The molecule has 0 radical (unpaired) electrons. The topological polar surface area (TPSA) is 57.7 Å². The van der Waals surface area contributed by atoms with Crippen LogP contribution in [0.25, 0.3) is 0 Å². The van der Waals surface area contributed by atoms with Crippen LogP contribution in [0.4, 0.5) is 0 Å². The van der Waals surface area contributed by atoms with Crippen LogP contribution in [0, 0.1) is 0 Å². The third-order valence-corrected chi connectivity index (χ3v) is 5.79. The number of rotatable bonds is 9. The van der Waals surface area contributed by atoms with E-state index in [1.54, 1.807) is 19.5 Å². The van der Waals surface area contributed by atoms with E-state index in [-0.39, 0.29) is 18.5 Å². The molecule has 0 saturated heterocycles. The number of ether oxygens (including phenoxy) is 3. The van der Waals surface area contributed by atoms with Gasteiger partial charge < -0.3 is 14.2 Å². The van der Waals surface area contributed by atoms with E-state index < -0.39 is 6.10 Å². The third kappa shape index (κ3) is 5.88. The molecule has 1 aliphatic carbocycles. The number of esters is 1. The zero-order valence-corrected chi connectivity index (χ0v) is 18.4. The van der Waals surface area contributed by atoms with Crippen LogP contribution < -0.4 is 9.47 Å². The maximum atomic E-state index is 12.8. The van der Waals surface area contributed by atoms with E-state index in [1.807, 2.05) is 60.7 Å². The highest BCUT2D eigenvalue weighted by Gasteiger charge is 2.22. The van der Waals surface area contributed by atoms with E-state index >= 15 is 0 Å². The number of benzene rings is 2. The van der Waals surface area contributed by atoms with Gasteiger partial charge in [-0.05, 0) is 66.6 Å². The van der Waals surface area contributed by atoms with E-state index in [0.717, 1.165) is 29.5 Å². The molecule has 0 spiro atoms. The molecule has 1 aromatic heterocycles. The predicted octanol–water partition coefficient (Wildman–Crippen LogP) is 5.48. The van der Waals surface area contributed by atoms with Crippen molar-refractivity contribution < 1.29 is 19.0 Å². The van der Waals surface area contributed by atoms with Crippen molar-refractivity contribution in [3.05, 3.63) is 89.7 Å². The Morgan fingerprint density at radius 2 is 1.72 bits per heavy atom. The van der Waals surface area contributed by atoms with Crippen LogP contribution in [0.3, 0.4) is 0 Å². The van der Waals surface area contributed by atoms with Crippen LogP contribution in [0.2, 0.25) is 0 Å². The molecular weight excluding hydrogens is 402 g/mol. The van der Waals surface area contributed by atoms with Gasteiger partial charge in [-0.1, -0.05) is 36.4 Å². The lowest BCUT2D eigenvalue weighted by Gasteiger charge is -2.22. The summed E-state index contributed by atoms with van der Waals surface area (Å²) >= 11 is 0. The van der Waals surface area contributed by atoms with Gasteiger partial charge in [0.2, 0.25) is 0 Å². The molecule has 1 unspecified atom stereocenters. The van der Waals surface area contributed by atoms with Crippen LogP contribution in [0.1, 0.15) is 48.5 Å². The molecule has 1 aliphatic rings. The summed E-state index contributed by atoms with van der Waals surface area (Å²) < 4.78 is 17.8. The highest BCUT2D eigenvalue weighted by atomic mass is 16.5. The molecule has 1 saturated carbocycles. The number of hydrogen-bond donors (Lipinski definition) is 0. The van der Waals surface area contributed by atoms with Crippen molar-refractivity contribution in [2.45, 2.75) is 50.7 Å². The first-order valence-corrected chi connectivity index (χ1v) is 11.2. The first-order valence-electron chi connectivity index (χ1n) is 11.2. The summed E-state index contributed by atoms with van der Waals surface area (Å²) in [6.07, 6.45) is 8.54. The molecule has 0 bridgehead atoms. The summed E-state index contributed by atoms with van der Waals surface area (Å²) in [5, 5.41) is 0. The fourth-order valence-electron chi connectivity index (χ4n) is 4.09. The van der Waals surface area contributed by atoms with Gasteiger partial charge in [0, 0.05) is 18.8 Å². The fourth-order valence-corrected chi connectivity index (χ4v) is 4.09. The van der Waals surface area contributed by atoms with Gasteiger partial charge in [0.25, 0.3) is 0 Å². The first-order chi connectivity index (χ1) is 15.7. The number of carbonyl (C=O) groups excluding carboxylic acids is 1. The van der Waals surface area contributed by atoms with Crippen molar-refractivity contribution >= 4 is 5.97 Å². The SMILES string of the molecule is COc1ccc(C(Cc2ccncc2)OC(=O)Cc2ccccc2)cc1OC1CCCC1. The Morgan fingerprint density at radius 1 is 0.969 bits per heavy atom. The highest BCUT2D eigenvalue weighted by Crippen LogP contribution is 2.35. The van der Waals surface area contributed by atoms with Gasteiger partial charge in [0.15, 0.2) is 11.5 Å². The van der Waals surface area contributed by atoms with Gasteiger partial charge in [0.1, 0.15) is 6.10 Å². The molecule has 4 rings (SSSR count). The molecule has 32 heavy (non-hydrogen) atoms. The van der Waals surface area contributed by atoms with E-state index in [9.17, 15) is 4.79 Å². The lowest BCUT2D eigenvalue weighted by molar-refractivity contribution is -0.148. The normalized spacial score (nSPS) is 14.7. The van der Waals surface area contributed by atoms with Gasteiger partial charge in [-0.15, -0.1) is 0 Å². The number of methoxy groups -OCH3 is 1. The first kappa shape index (κ1) is 21.9. The molecule has 1 atom stereocenters. The van der Waals surface area contributed by atoms with Crippen molar-refractivity contribution in [2.24, 2.45) is 0 Å². The molecule has 5 heteroatoms. The monoisotopic (exact) mass is 431 g/mol. The van der Waals surface area contributed by atoms with Gasteiger partial charge in [-0.3, -0.25) is 9.78 Å². The second kappa shape index (κ2) is 10.8. The van der Waals surface area contributed by atoms with Crippen LogP contribution in [0.15, 0.2) is 73.1 Å². The Labute approximate surface area is 189 Å². The molecule has 166 valence electrons. The smallest absolute Gasteiger partial charge is 0.310 e. The average molecular weight is 432 g/mol. The molecule has 1 heterocycles. The zero-order valence-electron chi connectivity index (χ0n) is 18.4. The Kier molecular flexibility index (Phi) is 7.38. The van der Waals surface area contributed by atoms with Crippen molar-refractivity contribution in [3.63, 3.8) is 0 Å². The average Bonchev–Trinajstić information content (AvgIpc) is 3.33. The number of hydrogen-bond acceptors (Lipinski definition) is 5. The molecular formula is C27H29NO4. The van der Waals surface area contributed by atoms with Crippen LogP contribution in [0.5, 0.6) is 11.5 Å². The van der Waals surface area contributed by atoms with Crippen molar-refractivity contribution in [1.82, 2.24) is 4.98 Å². The summed E-state index contributed by atoms with van der Waals surface area (Å²) in [7, 11) is 1.64. The quantitative estimate of drug-likeness (QED) is 0.420.